The van der Waals surface area contributed by atoms with E-state index in [4.69, 9.17) is 10.2 Å². The second-order valence-electron chi connectivity index (χ2n) is 6.47. The zero-order chi connectivity index (χ0) is 17.6. The van der Waals surface area contributed by atoms with Crippen molar-refractivity contribution in [2.75, 3.05) is 18.4 Å². The summed E-state index contributed by atoms with van der Waals surface area (Å²) in [5, 5.41) is 2.79. The minimum absolute atomic E-state index is 0. The summed E-state index contributed by atoms with van der Waals surface area (Å²) in [5.41, 5.74) is 7.86. The lowest BCUT2D eigenvalue weighted by atomic mass is 10.00. The average Bonchev–Trinajstić information content (AvgIpc) is 3.16. The molecule has 1 aromatic heterocycles. The van der Waals surface area contributed by atoms with Gasteiger partial charge in [-0.15, -0.1) is 24.0 Å². The number of likely N-dealkylation sites (tertiary alicyclic amines) is 1. The van der Waals surface area contributed by atoms with Crippen molar-refractivity contribution < 1.29 is 9.21 Å². The van der Waals surface area contributed by atoms with Gasteiger partial charge in [-0.2, -0.15) is 0 Å². The van der Waals surface area contributed by atoms with Crippen LogP contribution in [0.3, 0.4) is 0 Å². The summed E-state index contributed by atoms with van der Waals surface area (Å²) in [6.45, 7) is 4.77. The van der Waals surface area contributed by atoms with E-state index in [0.717, 1.165) is 24.6 Å². The molecule has 7 heteroatoms. The van der Waals surface area contributed by atoms with E-state index < -0.39 is 0 Å². The smallest absolute Gasteiger partial charge is 0.291 e. The first kappa shape index (κ1) is 20.3. The molecule has 0 unspecified atom stereocenters. The van der Waals surface area contributed by atoms with E-state index >= 15 is 0 Å². The van der Waals surface area contributed by atoms with Gasteiger partial charge in [0.1, 0.15) is 0 Å². The molecule has 1 saturated heterocycles. The molecule has 2 heterocycles. The molecule has 1 amide bonds. The number of aliphatic imine (C=N–C) groups is 1. The maximum Gasteiger partial charge on any atom is 0.291 e. The number of halogens is 1. The van der Waals surface area contributed by atoms with Crippen LogP contribution in [0.4, 0.5) is 5.69 Å². The Morgan fingerprint density at radius 1 is 1.27 bits per heavy atom. The molecule has 0 aliphatic carbocycles. The lowest BCUT2D eigenvalue weighted by molar-refractivity contribution is 0.0996. The maximum absolute atomic E-state index is 11.9. The van der Waals surface area contributed by atoms with Crippen LogP contribution in [-0.4, -0.2) is 29.9 Å². The van der Waals surface area contributed by atoms with E-state index in [2.05, 4.69) is 22.1 Å². The maximum atomic E-state index is 11.9. The number of amides is 1. The molecule has 0 saturated carbocycles. The summed E-state index contributed by atoms with van der Waals surface area (Å²) in [6, 6.07) is 10.9. The van der Waals surface area contributed by atoms with E-state index in [1.165, 1.54) is 19.1 Å². The Bertz CT molecular complexity index is 721. The first-order valence-corrected chi connectivity index (χ1v) is 8.60. The van der Waals surface area contributed by atoms with E-state index in [-0.39, 0.29) is 35.6 Å². The van der Waals surface area contributed by atoms with Gasteiger partial charge in [-0.05, 0) is 48.6 Å². The van der Waals surface area contributed by atoms with Crippen LogP contribution in [0.1, 0.15) is 35.9 Å². The van der Waals surface area contributed by atoms with E-state index in [9.17, 15) is 4.79 Å². The topological polar surface area (TPSA) is 83.9 Å². The lowest BCUT2D eigenvalue weighted by Gasteiger charge is -2.31. The number of carbonyl (C=O) groups is 1. The summed E-state index contributed by atoms with van der Waals surface area (Å²) in [5.74, 6) is 1.41. The first-order valence-electron chi connectivity index (χ1n) is 8.60. The van der Waals surface area contributed by atoms with Crippen LogP contribution >= 0.6 is 24.0 Å². The number of rotatable bonds is 4. The Morgan fingerprint density at radius 2 is 1.96 bits per heavy atom. The molecular weight excluding hydrogens is 443 g/mol. The highest BCUT2D eigenvalue weighted by molar-refractivity contribution is 14.0. The number of furan rings is 1. The standard InChI is InChI=1S/C19H24N4O2.HI/c1-14-8-10-23(11-9-14)19(20)21-13-15-4-6-16(7-5-15)22-18(24)17-3-2-12-25-17;/h2-7,12,14H,8-11,13H2,1H3,(H2,20,21)(H,22,24);1H. The van der Waals surface area contributed by atoms with Crippen molar-refractivity contribution in [3.05, 3.63) is 54.0 Å². The normalized spacial score (nSPS) is 15.4. The largest absolute Gasteiger partial charge is 0.459 e. The SMILES string of the molecule is CC1CCN(C(N)=NCc2ccc(NC(=O)c3ccco3)cc2)CC1.I. The Kier molecular flexibility index (Phi) is 7.50. The predicted molar refractivity (Wildman–Crippen MR) is 114 cm³/mol. The summed E-state index contributed by atoms with van der Waals surface area (Å²) < 4.78 is 5.07. The zero-order valence-electron chi connectivity index (χ0n) is 14.9. The number of hydrogen-bond donors (Lipinski definition) is 2. The fraction of sp³-hybridized carbons (Fsp3) is 0.368. The highest BCUT2D eigenvalue weighted by Gasteiger charge is 2.16. The number of nitrogens with zero attached hydrogens (tertiary/aromatic N) is 2. The van der Waals surface area contributed by atoms with Crippen LogP contribution in [0, 0.1) is 5.92 Å². The summed E-state index contributed by atoms with van der Waals surface area (Å²) in [7, 11) is 0. The highest BCUT2D eigenvalue weighted by atomic mass is 127. The van der Waals surface area contributed by atoms with Crippen LogP contribution in [0.2, 0.25) is 0 Å². The summed E-state index contributed by atoms with van der Waals surface area (Å²) in [6.07, 6.45) is 3.81. The molecule has 0 spiro atoms. The van der Waals surface area contributed by atoms with Gasteiger partial charge in [0.15, 0.2) is 11.7 Å². The number of piperidine rings is 1. The van der Waals surface area contributed by atoms with Crippen molar-refractivity contribution in [1.82, 2.24) is 4.90 Å². The lowest BCUT2D eigenvalue weighted by Crippen LogP contribution is -2.42. The summed E-state index contributed by atoms with van der Waals surface area (Å²) in [4.78, 5) is 18.6. The van der Waals surface area contributed by atoms with Crippen LogP contribution < -0.4 is 11.1 Å². The van der Waals surface area contributed by atoms with Crippen molar-refractivity contribution in [2.45, 2.75) is 26.3 Å². The fourth-order valence-corrected chi connectivity index (χ4v) is 2.80. The fourth-order valence-electron chi connectivity index (χ4n) is 2.80. The minimum Gasteiger partial charge on any atom is -0.459 e. The van der Waals surface area contributed by atoms with E-state index in [1.54, 1.807) is 12.1 Å². The summed E-state index contributed by atoms with van der Waals surface area (Å²) >= 11 is 0. The second-order valence-corrected chi connectivity index (χ2v) is 6.47. The molecule has 1 aromatic carbocycles. The Labute approximate surface area is 170 Å². The molecule has 6 nitrogen and oxygen atoms in total. The van der Waals surface area contributed by atoms with Crippen LogP contribution in [-0.2, 0) is 6.54 Å². The van der Waals surface area contributed by atoms with E-state index in [0.29, 0.717) is 18.2 Å². The molecule has 2 aromatic rings. The van der Waals surface area contributed by atoms with Gasteiger partial charge in [0, 0.05) is 18.8 Å². The van der Waals surface area contributed by atoms with Crippen LogP contribution in [0.5, 0.6) is 0 Å². The van der Waals surface area contributed by atoms with Crippen LogP contribution in [0.25, 0.3) is 0 Å². The number of nitrogens with one attached hydrogen (secondary N) is 1. The van der Waals surface area contributed by atoms with Crippen molar-refractivity contribution in [2.24, 2.45) is 16.6 Å². The second kappa shape index (κ2) is 9.61. The van der Waals surface area contributed by atoms with Crippen LogP contribution in [0.15, 0.2) is 52.1 Å². The van der Waals surface area contributed by atoms with Gasteiger partial charge in [0.2, 0.25) is 0 Å². The molecule has 3 rings (SSSR count). The predicted octanol–water partition coefficient (Wildman–Crippen LogP) is 3.70. The molecule has 26 heavy (non-hydrogen) atoms. The van der Waals surface area contributed by atoms with Crippen molar-refractivity contribution in [3.8, 4) is 0 Å². The highest BCUT2D eigenvalue weighted by Crippen LogP contribution is 2.16. The number of hydrogen-bond acceptors (Lipinski definition) is 3. The molecule has 1 fully saturated rings. The Morgan fingerprint density at radius 3 is 2.58 bits per heavy atom. The number of anilines is 1. The van der Waals surface area contributed by atoms with Crippen molar-refractivity contribution >= 4 is 41.5 Å². The molecule has 0 bridgehead atoms. The van der Waals surface area contributed by atoms with Gasteiger partial charge in [-0.1, -0.05) is 19.1 Å². The van der Waals surface area contributed by atoms with Gasteiger partial charge in [-0.25, -0.2) is 4.99 Å². The zero-order valence-corrected chi connectivity index (χ0v) is 17.2. The Balaban J connectivity index is 0.00000243. The molecule has 140 valence electrons. The van der Waals surface area contributed by atoms with Crippen molar-refractivity contribution in [3.63, 3.8) is 0 Å². The van der Waals surface area contributed by atoms with Gasteiger partial charge in [0.05, 0.1) is 12.8 Å². The number of guanidine groups is 1. The number of benzene rings is 1. The molecular formula is C19H25IN4O2. The third-order valence-electron chi connectivity index (χ3n) is 4.49. The molecule has 1 aliphatic rings. The molecule has 3 N–H and O–H groups in total. The van der Waals surface area contributed by atoms with Crippen molar-refractivity contribution in [1.29, 1.82) is 0 Å². The van der Waals surface area contributed by atoms with Gasteiger partial charge in [-0.3, -0.25) is 4.79 Å². The molecule has 0 radical (unpaired) electrons. The van der Waals surface area contributed by atoms with Gasteiger partial charge in [0.25, 0.3) is 5.91 Å². The molecule has 0 atom stereocenters. The third kappa shape index (κ3) is 5.48. The minimum atomic E-state index is -0.264. The first-order chi connectivity index (χ1) is 12.1. The average molecular weight is 468 g/mol. The molecule has 1 aliphatic heterocycles. The van der Waals surface area contributed by atoms with Gasteiger partial charge >= 0.3 is 0 Å². The monoisotopic (exact) mass is 468 g/mol. The van der Waals surface area contributed by atoms with E-state index in [1.807, 2.05) is 24.3 Å². The third-order valence-corrected chi connectivity index (χ3v) is 4.49. The number of nitrogens with two attached hydrogens (primary N) is 1. The van der Waals surface area contributed by atoms with Gasteiger partial charge < -0.3 is 20.4 Å². The quantitative estimate of drug-likeness (QED) is 0.407. The Hall–Kier alpha value is -2.03. The number of carbonyl (C=O) groups excluding carboxylic acids is 1.